The number of piperidine rings is 1. The van der Waals surface area contributed by atoms with Crippen LogP contribution in [0, 0.1) is 10.1 Å². The van der Waals surface area contributed by atoms with Gasteiger partial charge in [0.2, 0.25) is 11.1 Å². The van der Waals surface area contributed by atoms with Crippen molar-refractivity contribution in [3.8, 4) is 0 Å². The van der Waals surface area contributed by atoms with Gasteiger partial charge in [-0.25, -0.2) is 9.78 Å². The van der Waals surface area contributed by atoms with E-state index >= 15 is 0 Å². The van der Waals surface area contributed by atoms with Crippen LogP contribution < -0.4 is 4.90 Å². The lowest BCUT2D eigenvalue weighted by molar-refractivity contribution is -0.384. The van der Waals surface area contributed by atoms with Crippen LogP contribution in [0.3, 0.4) is 0 Å². The molecule has 1 fully saturated rings. The number of ether oxygens (including phenoxy) is 1. The van der Waals surface area contributed by atoms with Crippen molar-refractivity contribution in [3.05, 3.63) is 21.6 Å². The maximum atomic E-state index is 11.8. The molecule has 0 amide bonds. The molecule has 1 saturated heterocycles. The summed E-state index contributed by atoms with van der Waals surface area (Å²) in [6.07, 6.45) is 3.27. The highest BCUT2D eigenvalue weighted by Crippen LogP contribution is 2.31. The van der Waals surface area contributed by atoms with E-state index in [1.165, 1.54) is 7.11 Å². The van der Waals surface area contributed by atoms with Gasteiger partial charge in [-0.15, -0.1) is 0 Å². The number of carbonyl (C=O) groups excluding carboxylic acids is 1. The molecule has 0 aromatic carbocycles. The number of nitro groups is 1. The van der Waals surface area contributed by atoms with Crippen LogP contribution in [0.1, 0.15) is 19.3 Å². The molecule has 1 aromatic rings. The van der Waals surface area contributed by atoms with Crippen molar-refractivity contribution in [3.63, 3.8) is 0 Å². The molecule has 0 unspecified atom stereocenters. The molecule has 2 heterocycles. The van der Waals surface area contributed by atoms with E-state index < -0.39 is 16.9 Å². The van der Waals surface area contributed by atoms with Gasteiger partial charge >= 0.3 is 11.7 Å². The zero-order chi connectivity index (χ0) is 14.7. The van der Waals surface area contributed by atoms with E-state index in [2.05, 4.69) is 9.97 Å². The Labute approximate surface area is 119 Å². The van der Waals surface area contributed by atoms with E-state index in [0.717, 1.165) is 19.0 Å². The topological polar surface area (TPSA) is 98.5 Å². The van der Waals surface area contributed by atoms with E-state index in [4.69, 9.17) is 16.3 Å². The summed E-state index contributed by atoms with van der Waals surface area (Å²) in [7, 11) is 1.29. The molecule has 20 heavy (non-hydrogen) atoms. The fourth-order valence-electron chi connectivity index (χ4n) is 2.25. The van der Waals surface area contributed by atoms with E-state index in [1.54, 1.807) is 4.90 Å². The summed E-state index contributed by atoms with van der Waals surface area (Å²) in [6, 6.07) is -0.585. The highest BCUT2D eigenvalue weighted by molar-refractivity contribution is 6.28. The number of nitrogens with zero attached hydrogens (tertiary/aromatic N) is 4. The minimum absolute atomic E-state index is 0.0603. The fraction of sp³-hybridized carbons (Fsp3) is 0.545. The van der Waals surface area contributed by atoms with Crippen LogP contribution in [-0.4, -0.2) is 40.6 Å². The van der Waals surface area contributed by atoms with Crippen molar-refractivity contribution in [1.29, 1.82) is 0 Å². The molecule has 9 heteroatoms. The van der Waals surface area contributed by atoms with Crippen LogP contribution >= 0.6 is 11.6 Å². The number of halogens is 1. The summed E-state index contributed by atoms with van der Waals surface area (Å²) in [6.45, 7) is 0.480. The number of hydrogen-bond donors (Lipinski definition) is 0. The van der Waals surface area contributed by atoms with Gasteiger partial charge in [-0.3, -0.25) is 10.1 Å². The molecule has 0 bridgehead atoms. The van der Waals surface area contributed by atoms with E-state index in [-0.39, 0.29) is 16.8 Å². The molecule has 1 aromatic heterocycles. The smallest absolute Gasteiger partial charge is 0.329 e. The van der Waals surface area contributed by atoms with Crippen molar-refractivity contribution in [2.45, 2.75) is 25.3 Å². The van der Waals surface area contributed by atoms with E-state index in [1.807, 2.05) is 0 Å². The largest absolute Gasteiger partial charge is 0.467 e. The number of esters is 1. The molecule has 0 radical (unpaired) electrons. The third kappa shape index (κ3) is 2.79. The van der Waals surface area contributed by atoms with Gasteiger partial charge < -0.3 is 9.64 Å². The molecule has 1 atom stereocenters. The average molecular weight is 301 g/mol. The molecule has 108 valence electrons. The second kappa shape index (κ2) is 6.00. The van der Waals surface area contributed by atoms with E-state index in [9.17, 15) is 14.9 Å². The summed E-state index contributed by atoms with van der Waals surface area (Å²) in [4.78, 5) is 31.4. The van der Waals surface area contributed by atoms with Gasteiger partial charge in [0.1, 0.15) is 12.2 Å². The maximum Gasteiger partial charge on any atom is 0.329 e. The standard InChI is InChI=1S/C11H13ClN4O4/c1-20-10(17)7-4-2-3-5-15(7)9-8(16(18)19)6-13-11(12)14-9/h6-7H,2-5H2,1H3/t7-/m1/s1. The lowest BCUT2D eigenvalue weighted by atomic mass is 10.0. The zero-order valence-corrected chi connectivity index (χ0v) is 11.5. The molecule has 0 spiro atoms. The second-order valence-corrected chi connectivity index (χ2v) is 4.67. The van der Waals surface area contributed by atoms with Crippen LogP contribution in [0.4, 0.5) is 11.5 Å². The zero-order valence-electron chi connectivity index (χ0n) is 10.8. The molecule has 1 aliphatic heterocycles. The predicted octanol–water partition coefficient (Wildman–Crippen LogP) is 1.57. The predicted molar refractivity (Wildman–Crippen MR) is 70.7 cm³/mol. The fourth-order valence-corrected chi connectivity index (χ4v) is 2.38. The van der Waals surface area contributed by atoms with Crippen molar-refractivity contribution in [2.24, 2.45) is 0 Å². The van der Waals surface area contributed by atoms with Crippen LogP contribution in [-0.2, 0) is 9.53 Å². The second-order valence-electron chi connectivity index (χ2n) is 4.33. The van der Waals surface area contributed by atoms with Gasteiger partial charge in [0.05, 0.1) is 12.0 Å². The molecular formula is C11H13ClN4O4. The van der Waals surface area contributed by atoms with Crippen molar-refractivity contribution in [1.82, 2.24) is 9.97 Å². The van der Waals surface area contributed by atoms with Gasteiger partial charge in [-0.1, -0.05) is 0 Å². The quantitative estimate of drug-likeness (QED) is 0.361. The van der Waals surface area contributed by atoms with Crippen LogP contribution in [0.15, 0.2) is 6.20 Å². The summed E-state index contributed by atoms with van der Waals surface area (Å²) in [5.74, 6) is -0.376. The Balaban J connectivity index is 2.44. The first-order valence-electron chi connectivity index (χ1n) is 6.06. The molecule has 0 N–H and O–H groups in total. The molecule has 0 aliphatic carbocycles. The summed E-state index contributed by atoms with van der Waals surface area (Å²) >= 11 is 5.71. The Bertz CT molecular complexity index is 539. The Morgan fingerprint density at radius 3 is 3.00 bits per heavy atom. The first-order valence-corrected chi connectivity index (χ1v) is 6.43. The third-order valence-corrected chi connectivity index (χ3v) is 3.35. The highest BCUT2D eigenvalue weighted by Gasteiger charge is 2.34. The lowest BCUT2D eigenvalue weighted by Gasteiger charge is -2.34. The number of rotatable bonds is 3. The van der Waals surface area contributed by atoms with Crippen molar-refractivity contribution >= 4 is 29.1 Å². The van der Waals surface area contributed by atoms with Gasteiger partial charge in [0, 0.05) is 6.54 Å². The number of anilines is 1. The first kappa shape index (κ1) is 14.4. The van der Waals surface area contributed by atoms with Gasteiger partial charge in [0.15, 0.2) is 0 Å². The van der Waals surface area contributed by atoms with Gasteiger partial charge in [-0.05, 0) is 30.9 Å². The summed E-state index contributed by atoms with van der Waals surface area (Å²) < 4.78 is 4.75. The minimum atomic E-state index is -0.589. The monoisotopic (exact) mass is 300 g/mol. The molecular weight excluding hydrogens is 288 g/mol. The number of carbonyl (C=O) groups is 1. The molecule has 0 saturated carbocycles. The lowest BCUT2D eigenvalue weighted by Crippen LogP contribution is -2.46. The Morgan fingerprint density at radius 1 is 1.60 bits per heavy atom. The van der Waals surface area contributed by atoms with Crippen LogP contribution in [0.5, 0.6) is 0 Å². The number of methoxy groups -OCH3 is 1. The SMILES string of the molecule is COC(=O)[C@H]1CCCCN1c1nc(Cl)ncc1[N+](=O)[O-]. The van der Waals surface area contributed by atoms with Crippen LogP contribution in [0.25, 0.3) is 0 Å². The van der Waals surface area contributed by atoms with Crippen molar-refractivity contribution in [2.75, 3.05) is 18.6 Å². The Morgan fingerprint density at radius 2 is 2.35 bits per heavy atom. The van der Waals surface area contributed by atoms with Gasteiger partial charge in [0.25, 0.3) is 0 Å². The molecule has 8 nitrogen and oxygen atoms in total. The molecule has 2 rings (SSSR count). The maximum absolute atomic E-state index is 11.8. The highest BCUT2D eigenvalue weighted by atomic mass is 35.5. The number of aromatic nitrogens is 2. The van der Waals surface area contributed by atoms with Gasteiger partial charge in [-0.2, -0.15) is 4.98 Å². The van der Waals surface area contributed by atoms with Crippen molar-refractivity contribution < 1.29 is 14.5 Å². The number of hydrogen-bond acceptors (Lipinski definition) is 7. The molecule has 1 aliphatic rings. The average Bonchev–Trinajstić information content (AvgIpc) is 2.46. The summed E-state index contributed by atoms with van der Waals surface area (Å²) in [5.41, 5.74) is -0.273. The van der Waals surface area contributed by atoms with E-state index in [0.29, 0.717) is 13.0 Å². The third-order valence-electron chi connectivity index (χ3n) is 3.17. The Kier molecular flexibility index (Phi) is 4.33. The Hall–Kier alpha value is -1.96. The first-order chi connectivity index (χ1) is 9.54. The minimum Gasteiger partial charge on any atom is -0.467 e. The normalized spacial score (nSPS) is 18.7. The van der Waals surface area contributed by atoms with Crippen LogP contribution in [0.2, 0.25) is 5.28 Å². The summed E-state index contributed by atoms with van der Waals surface area (Å²) in [5, 5.41) is 11.0.